The van der Waals surface area contributed by atoms with E-state index in [2.05, 4.69) is 0 Å². The molecule has 126 valence electrons. The first-order valence-corrected chi connectivity index (χ1v) is 6.38. The Morgan fingerprint density at radius 1 is 1.14 bits per heavy atom. The van der Waals surface area contributed by atoms with Crippen LogP contribution in [0.4, 0.5) is 13.2 Å². The minimum absolute atomic E-state index is 0.274. The van der Waals surface area contributed by atoms with Crippen LogP contribution in [-0.2, 0) is 28.6 Å². The summed E-state index contributed by atoms with van der Waals surface area (Å²) < 4.78 is 52.0. The number of halogens is 3. The van der Waals surface area contributed by atoms with Crippen molar-refractivity contribution < 1.29 is 41.8 Å². The van der Waals surface area contributed by atoms with Crippen LogP contribution in [0.3, 0.4) is 0 Å². The molecule has 0 radical (unpaired) electrons. The molecule has 1 aliphatic rings. The summed E-state index contributed by atoms with van der Waals surface area (Å²) in [4.78, 5) is 33.0. The van der Waals surface area contributed by atoms with E-state index >= 15 is 0 Å². The molecule has 0 aromatic heterocycles. The van der Waals surface area contributed by atoms with Crippen LogP contribution in [0.2, 0.25) is 0 Å². The second kappa shape index (κ2) is 6.95. The molecule has 1 rings (SSSR count). The Hall–Kier alpha value is -1.84. The third kappa shape index (κ3) is 5.17. The first-order chi connectivity index (χ1) is 10.0. The van der Waals surface area contributed by atoms with E-state index in [-0.39, 0.29) is 6.42 Å². The Balaban J connectivity index is 2.88. The number of rotatable bonds is 3. The van der Waals surface area contributed by atoms with E-state index in [0.717, 1.165) is 13.8 Å². The molecule has 0 saturated carbocycles. The summed E-state index contributed by atoms with van der Waals surface area (Å²) in [7, 11) is 0. The Bertz CT molecular complexity index is 453. The quantitative estimate of drug-likeness (QED) is 0.766. The van der Waals surface area contributed by atoms with Crippen LogP contribution in [0.25, 0.3) is 0 Å². The lowest BCUT2D eigenvalue weighted by molar-refractivity contribution is -0.230. The van der Waals surface area contributed by atoms with Gasteiger partial charge in [0.25, 0.3) is 0 Å². The normalized spacial score (nSPS) is 28.6. The van der Waals surface area contributed by atoms with Crippen LogP contribution in [0, 0.1) is 0 Å². The zero-order valence-electron chi connectivity index (χ0n) is 12.1. The topological polar surface area (TPSA) is 90.9 Å². The molecule has 0 bridgehead atoms. The predicted molar refractivity (Wildman–Crippen MR) is 64.3 cm³/mol. The van der Waals surface area contributed by atoms with Crippen molar-refractivity contribution in [2.75, 3.05) is 0 Å². The number of carbonyl (C=O) groups is 3. The number of carbonyl (C=O) groups excluding carboxylic acids is 3. The molecule has 10 heteroatoms. The van der Waals surface area contributed by atoms with Crippen LogP contribution < -0.4 is 5.32 Å². The molecule has 0 unspecified atom stereocenters. The van der Waals surface area contributed by atoms with Crippen molar-refractivity contribution in [3.05, 3.63) is 0 Å². The number of hydrogen-bond acceptors (Lipinski definition) is 6. The lowest BCUT2D eigenvalue weighted by Crippen LogP contribution is -2.58. The fourth-order valence-corrected chi connectivity index (χ4v) is 2.06. The second-order valence-corrected chi connectivity index (χ2v) is 4.77. The van der Waals surface area contributed by atoms with Gasteiger partial charge in [0.1, 0.15) is 6.10 Å². The lowest BCUT2D eigenvalue weighted by Gasteiger charge is -2.39. The van der Waals surface area contributed by atoms with Gasteiger partial charge in [0.2, 0.25) is 6.29 Å². The molecule has 0 aromatic rings. The maximum absolute atomic E-state index is 12.4. The van der Waals surface area contributed by atoms with Crippen LogP contribution in [0.15, 0.2) is 0 Å². The van der Waals surface area contributed by atoms with Crippen LogP contribution in [0.1, 0.15) is 27.2 Å². The number of esters is 2. The molecule has 0 aromatic carbocycles. The molecule has 1 saturated heterocycles. The molecule has 1 amide bonds. The standard InChI is InChI=1S/C12H16F3NO6/c1-5-10(22-7(3)18)8(16-11(19)12(13,14)15)4-9(20-5)21-6(2)17/h5,8-10H,4H2,1-3H3,(H,16,19)/t5-,8-,9+,10+/m1/s1. The van der Waals surface area contributed by atoms with Crippen molar-refractivity contribution >= 4 is 17.8 Å². The molecule has 1 N–H and O–H groups in total. The van der Waals surface area contributed by atoms with E-state index in [1.165, 1.54) is 6.92 Å². The molecule has 4 atom stereocenters. The van der Waals surface area contributed by atoms with E-state index in [9.17, 15) is 27.6 Å². The summed E-state index contributed by atoms with van der Waals surface area (Å²) in [5, 5.41) is 1.74. The van der Waals surface area contributed by atoms with Gasteiger partial charge in [-0.15, -0.1) is 0 Å². The van der Waals surface area contributed by atoms with Gasteiger partial charge < -0.3 is 19.5 Å². The maximum Gasteiger partial charge on any atom is 0.471 e. The molecular formula is C12H16F3NO6. The highest BCUT2D eigenvalue weighted by Crippen LogP contribution is 2.25. The van der Waals surface area contributed by atoms with Gasteiger partial charge in [-0.05, 0) is 6.92 Å². The number of ether oxygens (including phenoxy) is 3. The van der Waals surface area contributed by atoms with Gasteiger partial charge in [-0.25, -0.2) is 0 Å². The Morgan fingerprint density at radius 3 is 2.14 bits per heavy atom. The Labute approximate surface area is 124 Å². The number of alkyl halides is 3. The summed E-state index contributed by atoms with van der Waals surface area (Å²) in [6.45, 7) is 3.61. The zero-order chi connectivity index (χ0) is 17.1. The molecule has 0 spiro atoms. The third-order valence-electron chi connectivity index (χ3n) is 2.85. The first-order valence-electron chi connectivity index (χ1n) is 6.38. The summed E-state index contributed by atoms with van der Waals surface area (Å²) in [5.41, 5.74) is 0. The largest absolute Gasteiger partial charge is 0.471 e. The average molecular weight is 327 g/mol. The predicted octanol–water partition coefficient (Wildman–Crippen LogP) is 0.663. The van der Waals surface area contributed by atoms with Gasteiger partial charge in [-0.2, -0.15) is 13.2 Å². The van der Waals surface area contributed by atoms with Gasteiger partial charge in [0.15, 0.2) is 0 Å². The highest BCUT2D eigenvalue weighted by Gasteiger charge is 2.45. The van der Waals surface area contributed by atoms with E-state index in [4.69, 9.17) is 14.2 Å². The molecule has 1 heterocycles. The molecule has 1 aliphatic heterocycles. The van der Waals surface area contributed by atoms with Gasteiger partial charge in [0.05, 0.1) is 12.1 Å². The van der Waals surface area contributed by atoms with E-state index in [1.54, 1.807) is 5.32 Å². The minimum Gasteiger partial charge on any atom is -0.458 e. The maximum atomic E-state index is 12.4. The minimum atomic E-state index is -5.08. The van der Waals surface area contributed by atoms with Crippen molar-refractivity contribution in [1.82, 2.24) is 5.32 Å². The second-order valence-electron chi connectivity index (χ2n) is 4.77. The van der Waals surface area contributed by atoms with Crippen molar-refractivity contribution in [3.63, 3.8) is 0 Å². The first kappa shape index (κ1) is 18.2. The Morgan fingerprint density at radius 2 is 1.68 bits per heavy atom. The SMILES string of the molecule is CC(=O)O[C@H]1C[C@@H](NC(=O)C(F)(F)F)[C@@H](OC(C)=O)[C@@H](C)O1. The molecule has 1 fully saturated rings. The van der Waals surface area contributed by atoms with Gasteiger partial charge >= 0.3 is 24.0 Å². The van der Waals surface area contributed by atoms with Gasteiger partial charge in [-0.3, -0.25) is 14.4 Å². The van der Waals surface area contributed by atoms with E-state index in [0.29, 0.717) is 0 Å². The number of nitrogens with one attached hydrogen (secondary N) is 1. The molecule has 0 aliphatic carbocycles. The highest BCUT2D eigenvalue weighted by atomic mass is 19.4. The summed E-state index contributed by atoms with van der Waals surface area (Å²) >= 11 is 0. The van der Waals surface area contributed by atoms with Gasteiger partial charge in [-0.1, -0.05) is 0 Å². The monoisotopic (exact) mass is 327 g/mol. The van der Waals surface area contributed by atoms with Crippen molar-refractivity contribution in [2.24, 2.45) is 0 Å². The van der Waals surface area contributed by atoms with Crippen molar-refractivity contribution in [2.45, 2.75) is 57.9 Å². The fraction of sp³-hybridized carbons (Fsp3) is 0.750. The molecular weight excluding hydrogens is 311 g/mol. The summed E-state index contributed by atoms with van der Waals surface area (Å²) in [6, 6.07) is -1.20. The van der Waals surface area contributed by atoms with E-state index < -0.39 is 48.6 Å². The van der Waals surface area contributed by atoms with Crippen LogP contribution in [-0.4, -0.2) is 48.6 Å². The molecule has 22 heavy (non-hydrogen) atoms. The zero-order valence-corrected chi connectivity index (χ0v) is 12.1. The molecule has 7 nitrogen and oxygen atoms in total. The van der Waals surface area contributed by atoms with Crippen molar-refractivity contribution in [1.29, 1.82) is 0 Å². The number of amides is 1. The van der Waals surface area contributed by atoms with Gasteiger partial charge in [0, 0.05) is 20.3 Å². The number of hydrogen-bond donors (Lipinski definition) is 1. The Kier molecular flexibility index (Phi) is 5.75. The van der Waals surface area contributed by atoms with E-state index in [1.807, 2.05) is 0 Å². The highest BCUT2D eigenvalue weighted by molar-refractivity contribution is 5.82. The smallest absolute Gasteiger partial charge is 0.458 e. The van der Waals surface area contributed by atoms with Crippen LogP contribution in [0.5, 0.6) is 0 Å². The fourth-order valence-electron chi connectivity index (χ4n) is 2.06. The van der Waals surface area contributed by atoms with Crippen molar-refractivity contribution in [3.8, 4) is 0 Å². The average Bonchev–Trinajstić information content (AvgIpc) is 2.31. The summed E-state index contributed by atoms with van der Waals surface area (Å²) in [6.07, 6.45) is -8.50. The van der Waals surface area contributed by atoms with Crippen LogP contribution >= 0.6 is 0 Å². The lowest BCUT2D eigenvalue weighted by atomic mass is 9.99. The summed E-state index contributed by atoms with van der Waals surface area (Å²) in [5.74, 6) is -3.60. The third-order valence-corrected chi connectivity index (χ3v) is 2.85.